The molecule has 0 aliphatic carbocycles. The van der Waals surface area contributed by atoms with Crippen molar-refractivity contribution in [1.82, 2.24) is 4.90 Å². The monoisotopic (exact) mass is 191 g/mol. The fraction of sp³-hybridized carbons (Fsp3) is 0.182. The number of amides is 1. The fourth-order valence-corrected chi connectivity index (χ4v) is 1.12. The van der Waals surface area contributed by atoms with Crippen molar-refractivity contribution < 1.29 is 9.90 Å². The van der Waals surface area contributed by atoms with E-state index in [1.54, 1.807) is 0 Å². The Kier molecular flexibility index (Phi) is 3.29. The van der Waals surface area contributed by atoms with Crippen LogP contribution in [0.3, 0.4) is 0 Å². The van der Waals surface area contributed by atoms with Gasteiger partial charge in [0.1, 0.15) is 0 Å². The standard InChI is InChI=1S/C11H13NO2/c1-9(8-12(2)11(13)14)10-6-4-3-5-7-10/h3-7H,1,8H2,2H3,(H,13,14). The largest absolute Gasteiger partial charge is 0.465 e. The minimum atomic E-state index is -0.943. The van der Waals surface area contributed by atoms with Gasteiger partial charge in [-0.05, 0) is 11.1 Å². The van der Waals surface area contributed by atoms with Gasteiger partial charge in [0.15, 0.2) is 0 Å². The average Bonchev–Trinajstić information content (AvgIpc) is 2.19. The van der Waals surface area contributed by atoms with E-state index in [4.69, 9.17) is 5.11 Å². The van der Waals surface area contributed by atoms with Crippen LogP contribution in [0.5, 0.6) is 0 Å². The van der Waals surface area contributed by atoms with E-state index in [9.17, 15) is 4.79 Å². The lowest BCUT2D eigenvalue weighted by molar-refractivity contribution is 0.161. The molecule has 1 N–H and O–H groups in total. The second-order valence-electron chi connectivity index (χ2n) is 3.11. The number of benzene rings is 1. The molecule has 0 saturated carbocycles. The van der Waals surface area contributed by atoms with Crippen LogP contribution < -0.4 is 0 Å². The van der Waals surface area contributed by atoms with Gasteiger partial charge in [0.2, 0.25) is 0 Å². The van der Waals surface area contributed by atoms with E-state index < -0.39 is 6.09 Å². The van der Waals surface area contributed by atoms with Crippen molar-refractivity contribution in [2.75, 3.05) is 13.6 Å². The van der Waals surface area contributed by atoms with Gasteiger partial charge in [0.25, 0.3) is 0 Å². The number of carboxylic acid groups (broad SMARTS) is 1. The second kappa shape index (κ2) is 4.46. The molecule has 0 atom stereocenters. The zero-order valence-corrected chi connectivity index (χ0v) is 8.10. The molecule has 3 heteroatoms. The van der Waals surface area contributed by atoms with Crippen LogP contribution in [-0.4, -0.2) is 29.7 Å². The van der Waals surface area contributed by atoms with Crippen molar-refractivity contribution in [2.45, 2.75) is 0 Å². The van der Waals surface area contributed by atoms with E-state index in [0.717, 1.165) is 11.1 Å². The second-order valence-corrected chi connectivity index (χ2v) is 3.11. The highest BCUT2D eigenvalue weighted by atomic mass is 16.4. The third-order valence-electron chi connectivity index (χ3n) is 1.94. The summed E-state index contributed by atoms with van der Waals surface area (Å²) in [6.45, 7) is 4.18. The average molecular weight is 191 g/mol. The normalized spacial score (nSPS) is 9.50. The van der Waals surface area contributed by atoms with Crippen LogP contribution in [0.2, 0.25) is 0 Å². The molecule has 0 fully saturated rings. The molecule has 0 unspecified atom stereocenters. The van der Waals surface area contributed by atoms with E-state index in [2.05, 4.69) is 6.58 Å². The summed E-state index contributed by atoms with van der Waals surface area (Å²) < 4.78 is 0. The van der Waals surface area contributed by atoms with Crippen molar-refractivity contribution in [2.24, 2.45) is 0 Å². The van der Waals surface area contributed by atoms with Crippen molar-refractivity contribution in [3.8, 4) is 0 Å². The van der Waals surface area contributed by atoms with Crippen LogP contribution in [0.1, 0.15) is 5.56 Å². The maximum atomic E-state index is 10.6. The highest BCUT2D eigenvalue weighted by molar-refractivity contribution is 5.71. The number of likely N-dealkylation sites (N-methyl/N-ethyl adjacent to an activating group) is 1. The molecule has 0 aromatic heterocycles. The molecule has 3 nitrogen and oxygen atoms in total. The molecule has 0 aliphatic heterocycles. The molecular formula is C11H13NO2. The molecule has 0 bridgehead atoms. The Morgan fingerprint density at radius 3 is 2.50 bits per heavy atom. The van der Waals surface area contributed by atoms with E-state index in [1.807, 2.05) is 30.3 Å². The number of carbonyl (C=O) groups is 1. The van der Waals surface area contributed by atoms with Gasteiger partial charge in [-0.25, -0.2) is 4.79 Å². The van der Waals surface area contributed by atoms with Crippen molar-refractivity contribution >= 4 is 11.7 Å². The predicted molar refractivity (Wildman–Crippen MR) is 56.1 cm³/mol. The lowest BCUT2D eigenvalue weighted by Gasteiger charge is -2.14. The maximum absolute atomic E-state index is 10.6. The van der Waals surface area contributed by atoms with Crippen LogP contribution >= 0.6 is 0 Å². The molecule has 14 heavy (non-hydrogen) atoms. The van der Waals surface area contributed by atoms with Crippen LogP contribution in [0, 0.1) is 0 Å². The smallest absolute Gasteiger partial charge is 0.407 e. The molecule has 0 aliphatic rings. The van der Waals surface area contributed by atoms with Gasteiger partial charge in [0, 0.05) is 13.6 Å². The summed E-state index contributed by atoms with van der Waals surface area (Å²) in [5.74, 6) is 0. The van der Waals surface area contributed by atoms with Gasteiger partial charge in [-0.1, -0.05) is 36.9 Å². The van der Waals surface area contributed by atoms with E-state index in [1.165, 1.54) is 11.9 Å². The van der Waals surface area contributed by atoms with Crippen molar-refractivity contribution in [3.05, 3.63) is 42.5 Å². The number of hydrogen-bond donors (Lipinski definition) is 1. The zero-order chi connectivity index (χ0) is 10.6. The molecule has 0 spiro atoms. The first-order valence-corrected chi connectivity index (χ1v) is 4.28. The SMILES string of the molecule is C=C(CN(C)C(=O)O)c1ccccc1. The Balaban J connectivity index is 2.64. The maximum Gasteiger partial charge on any atom is 0.407 e. The molecule has 74 valence electrons. The Hall–Kier alpha value is -1.77. The van der Waals surface area contributed by atoms with E-state index >= 15 is 0 Å². The summed E-state index contributed by atoms with van der Waals surface area (Å²) in [4.78, 5) is 11.8. The Labute approximate surface area is 83.3 Å². The van der Waals surface area contributed by atoms with Gasteiger partial charge >= 0.3 is 6.09 Å². The first-order chi connectivity index (χ1) is 6.61. The highest BCUT2D eigenvalue weighted by Crippen LogP contribution is 2.12. The third kappa shape index (κ3) is 2.62. The van der Waals surface area contributed by atoms with Gasteiger partial charge in [-0.2, -0.15) is 0 Å². The first kappa shape index (κ1) is 10.3. The lowest BCUT2D eigenvalue weighted by Crippen LogP contribution is -2.26. The molecule has 1 aromatic rings. The summed E-state index contributed by atoms with van der Waals surface area (Å²) >= 11 is 0. The minimum absolute atomic E-state index is 0.333. The molecule has 0 heterocycles. The van der Waals surface area contributed by atoms with Crippen LogP contribution in [0.15, 0.2) is 36.9 Å². The molecule has 0 saturated heterocycles. The van der Waals surface area contributed by atoms with Gasteiger partial charge < -0.3 is 10.0 Å². The molecule has 1 amide bonds. The molecule has 1 aromatic carbocycles. The number of rotatable bonds is 3. The summed E-state index contributed by atoms with van der Waals surface area (Å²) in [6.07, 6.45) is -0.943. The topological polar surface area (TPSA) is 40.5 Å². The fourth-order valence-electron chi connectivity index (χ4n) is 1.12. The summed E-state index contributed by atoms with van der Waals surface area (Å²) in [7, 11) is 1.52. The quantitative estimate of drug-likeness (QED) is 0.796. The lowest BCUT2D eigenvalue weighted by atomic mass is 10.1. The van der Waals surface area contributed by atoms with Crippen LogP contribution in [0.4, 0.5) is 4.79 Å². The highest BCUT2D eigenvalue weighted by Gasteiger charge is 2.07. The van der Waals surface area contributed by atoms with E-state index in [0.29, 0.717) is 6.54 Å². The third-order valence-corrected chi connectivity index (χ3v) is 1.94. The Bertz CT molecular complexity index is 332. The van der Waals surface area contributed by atoms with Gasteiger partial charge in [-0.3, -0.25) is 0 Å². The van der Waals surface area contributed by atoms with E-state index in [-0.39, 0.29) is 0 Å². The molecule has 1 rings (SSSR count). The van der Waals surface area contributed by atoms with Crippen molar-refractivity contribution in [3.63, 3.8) is 0 Å². The predicted octanol–water partition coefficient (Wildman–Crippen LogP) is 2.31. The number of nitrogens with zero attached hydrogens (tertiary/aromatic N) is 1. The Morgan fingerprint density at radius 2 is 2.00 bits per heavy atom. The molecule has 0 radical (unpaired) electrons. The first-order valence-electron chi connectivity index (χ1n) is 4.28. The minimum Gasteiger partial charge on any atom is -0.465 e. The van der Waals surface area contributed by atoms with Crippen LogP contribution in [0.25, 0.3) is 5.57 Å². The molecular weight excluding hydrogens is 178 g/mol. The van der Waals surface area contributed by atoms with Gasteiger partial charge in [0.05, 0.1) is 0 Å². The number of hydrogen-bond acceptors (Lipinski definition) is 1. The summed E-state index contributed by atoms with van der Waals surface area (Å²) in [5.41, 5.74) is 1.77. The summed E-state index contributed by atoms with van der Waals surface area (Å²) in [6, 6.07) is 9.55. The Morgan fingerprint density at radius 1 is 1.43 bits per heavy atom. The van der Waals surface area contributed by atoms with Gasteiger partial charge in [-0.15, -0.1) is 0 Å². The van der Waals surface area contributed by atoms with Crippen LogP contribution in [-0.2, 0) is 0 Å². The van der Waals surface area contributed by atoms with Crippen molar-refractivity contribution in [1.29, 1.82) is 0 Å². The zero-order valence-electron chi connectivity index (χ0n) is 8.10. The summed E-state index contributed by atoms with van der Waals surface area (Å²) in [5, 5.41) is 8.66.